The zero-order valence-corrected chi connectivity index (χ0v) is 23.5. The van der Waals surface area contributed by atoms with Crippen molar-refractivity contribution in [2.24, 2.45) is 5.41 Å². The van der Waals surface area contributed by atoms with E-state index in [9.17, 15) is 0 Å². The normalized spacial score (nSPS) is 12.2. The SMILES string of the molecule is CCCCCCC(CCCCCC)(CCCCCC)CCCCCCCCCOC(C)C. The molecule has 0 spiro atoms. The molecule has 0 N–H and O–H groups in total. The monoisotopic (exact) mass is 452 g/mol. The second-order valence-corrected chi connectivity index (χ2v) is 11.1. The fourth-order valence-electron chi connectivity index (χ4n) is 5.34. The Morgan fingerprint density at radius 2 is 0.750 bits per heavy atom. The van der Waals surface area contributed by atoms with Crippen LogP contribution in [0.4, 0.5) is 0 Å². The zero-order chi connectivity index (χ0) is 23.8. The molecular formula is C31H64O. The number of ether oxygens (including phenoxy) is 1. The molecule has 0 radical (unpaired) electrons. The van der Waals surface area contributed by atoms with Gasteiger partial charge in [-0.3, -0.25) is 0 Å². The van der Waals surface area contributed by atoms with Crippen molar-refractivity contribution in [3.05, 3.63) is 0 Å². The average Bonchev–Trinajstić information content (AvgIpc) is 2.78. The molecule has 0 amide bonds. The molecule has 1 heteroatoms. The molecule has 1 nitrogen and oxygen atoms in total. The van der Waals surface area contributed by atoms with Crippen LogP contribution in [0.3, 0.4) is 0 Å². The Hall–Kier alpha value is -0.0400. The minimum atomic E-state index is 0.390. The van der Waals surface area contributed by atoms with E-state index in [1.165, 1.54) is 148 Å². The van der Waals surface area contributed by atoms with Gasteiger partial charge in [0.25, 0.3) is 0 Å². The molecule has 0 saturated heterocycles. The molecule has 0 aliphatic rings. The Balaban J connectivity index is 4.42. The average molecular weight is 453 g/mol. The molecule has 0 unspecified atom stereocenters. The smallest absolute Gasteiger partial charge is 0.0518 e. The van der Waals surface area contributed by atoms with Crippen LogP contribution in [0.1, 0.15) is 182 Å². The van der Waals surface area contributed by atoms with Crippen molar-refractivity contribution >= 4 is 0 Å². The molecule has 0 fully saturated rings. The van der Waals surface area contributed by atoms with Gasteiger partial charge in [0.1, 0.15) is 0 Å². The van der Waals surface area contributed by atoms with Gasteiger partial charge in [-0.1, -0.05) is 136 Å². The molecule has 32 heavy (non-hydrogen) atoms. The lowest BCUT2D eigenvalue weighted by molar-refractivity contribution is 0.0756. The van der Waals surface area contributed by atoms with E-state index in [-0.39, 0.29) is 0 Å². The van der Waals surface area contributed by atoms with Crippen LogP contribution in [0.2, 0.25) is 0 Å². The van der Waals surface area contributed by atoms with Crippen LogP contribution in [-0.2, 0) is 4.74 Å². The molecule has 0 bridgehead atoms. The second-order valence-electron chi connectivity index (χ2n) is 11.1. The fourth-order valence-corrected chi connectivity index (χ4v) is 5.34. The number of unbranched alkanes of at least 4 members (excludes halogenated alkanes) is 15. The largest absolute Gasteiger partial charge is 0.379 e. The van der Waals surface area contributed by atoms with E-state index in [4.69, 9.17) is 4.74 Å². The molecule has 194 valence electrons. The Bertz CT molecular complexity index is 317. The first-order valence-corrected chi connectivity index (χ1v) is 15.2. The molecule has 0 atom stereocenters. The predicted molar refractivity (Wildman–Crippen MR) is 147 cm³/mol. The summed E-state index contributed by atoms with van der Waals surface area (Å²) < 4.78 is 5.67. The standard InChI is InChI=1S/C31H64O/c1-6-9-12-20-25-31(26-21-13-10-7-2,27-22-14-11-8-3)28-23-18-16-15-17-19-24-29-32-30(4)5/h30H,6-29H2,1-5H3. The molecule has 0 aromatic carbocycles. The van der Waals surface area contributed by atoms with Gasteiger partial charge in [0, 0.05) is 6.61 Å². The van der Waals surface area contributed by atoms with Crippen LogP contribution < -0.4 is 0 Å². The van der Waals surface area contributed by atoms with Crippen molar-refractivity contribution in [3.8, 4) is 0 Å². The summed E-state index contributed by atoms with van der Waals surface area (Å²) >= 11 is 0. The van der Waals surface area contributed by atoms with E-state index in [0.29, 0.717) is 11.5 Å². The minimum absolute atomic E-state index is 0.390. The summed E-state index contributed by atoms with van der Waals surface area (Å²) in [7, 11) is 0. The maximum absolute atomic E-state index is 5.67. The van der Waals surface area contributed by atoms with Gasteiger partial charge >= 0.3 is 0 Å². The van der Waals surface area contributed by atoms with Crippen molar-refractivity contribution in [1.82, 2.24) is 0 Å². The summed E-state index contributed by atoms with van der Waals surface area (Å²) in [5, 5.41) is 0. The van der Waals surface area contributed by atoms with E-state index in [0.717, 1.165) is 6.61 Å². The Kier molecular flexibility index (Phi) is 24.1. The molecule has 0 rings (SSSR count). The molecule has 0 aliphatic heterocycles. The van der Waals surface area contributed by atoms with Crippen LogP contribution in [0.15, 0.2) is 0 Å². The first kappa shape index (κ1) is 32.0. The van der Waals surface area contributed by atoms with Gasteiger partial charge in [-0.05, 0) is 51.4 Å². The molecule has 0 saturated carbocycles. The number of hydrogen-bond acceptors (Lipinski definition) is 1. The highest BCUT2D eigenvalue weighted by molar-refractivity contribution is 4.80. The van der Waals surface area contributed by atoms with Gasteiger partial charge in [0.05, 0.1) is 6.10 Å². The molecular weight excluding hydrogens is 388 g/mol. The van der Waals surface area contributed by atoms with Gasteiger partial charge in [-0.25, -0.2) is 0 Å². The van der Waals surface area contributed by atoms with Gasteiger partial charge in [0.15, 0.2) is 0 Å². The number of hydrogen-bond donors (Lipinski definition) is 0. The predicted octanol–water partition coefficient (Wildman–Crippen LogP) is 11.4. The zero-order valence-electron chi connectivity index (χ0n) is 23.5. The van der Waals surface area contributed by atoms with Gasteiger partial charge < -0.3 is 4.74 Å². The maximum atomic E-state index is 5.67. The van der Waals surface area contributed by atoms with Crippen molar-refractivity contribution in [3.63, 3.8) is 0 Å². The van der Waals surface area contributed by atoms with Crippen molar-refractivity contribution < 1.29 is 4.74 Å². The van der Waals surface area contributed by atoms with Crippen molar-refractivity contribution in [1.29, 1.82) is 0 Å². The van der Waals surface area contributed by atoms with Gasteiger partial charge in [0.2, 0.25) is 0 Å². The maximum Gasteiger partial charge on any atom is 0.0518 e. The van der Waals surface area contributed by atoms with Crippen LogP contribution in [-0.4, -0.2) is 12.7 Å². The summed E-state index contributed by atoms with van der Waals surface area (Å²) in [6.07, 6.45) is 33.5. The minimum Gasteiger partial charge on any atom is -0.379 e. The lowest BCUT2D eigenvalue weighted by Crippen LogP contribution is -2.21. The summed E-state index contributed by atoms with van der Waals surface area (Å²) in [5.74, 6) is 0. The molecule has 0 aliphatic carbocycles. The highest BCUT2D eigenvalue weighted by Gasteiger charge is 2.28. The Morgan fingerprint density at radius 3 is 1.09 bits per heavy atom. The Labute approximate surface area is 205 Å². The van der Waals surface area contributed by atoms with Crippen LogP contribution in [0, 0.1) is 5.41 Å². The van der Waals surface area contributed by atoms with E-state index in [2.05, 4.69) is 34.6 Å². The topological polar surface area (TPSA) is 9.23 Å². The number of rotatable bonds is 26. The first-order valence-electron chi connectivity index (χ1n) is 15.2. The Morgan fingerprint density at radius 1 is 0.438 bits per heavy atom. The lowest BCUT2D eigenvalue weighted by atomic mass is 9.70. The first-order chi connectivity index (χ1) is 15.6. The summed E-state index contributed by atoms with van der Waals surface area (Å²) in [6, 6.07) is 0. The quantitative estimate of drug-likeness (QED) is 0.119. The summed E-state index contributed by atoms with van der Waals surface area (Å²) in [4.78, 5) is 0. The highest BCUT2D eigenvalue weighted by Crippen LogP contribution is 2.42. The van der Waals surface area contributed by atoms with E-state index >= 15 is 0 Å². The van der Waals surface area contributed by atoms with Crippen molar-refractivity contribution in [2.45, 2.75) is 188 Å². The fraction of sp³-hybridized carbons (Fsp3) is 1.00. The van der Waals surface area contributed by atoms with E-state index in [1.54, 1.807) is 0 Å². The summed E-state index contributed by atoms with van der Waals surface area (Å²) in [6.45, 7) is 12.3. The van der Waals surface area contributed by atoms with E-state index in [1.807, 2.05) is 0 Å². The third-order valence-electron chi connectivity index (χ3n) is 7.48. The lowest BCUT2D eigenvalue weighted by Gasteiger charge is -2.35. The van der Waals surface area contributed by atoms with Crippen LogP contribution in [0.25, 0.3) is 0 Å². The molecule has 0 aromatic rings. The highest BCUT2D eigenvalue weighted by atomic mass is 16.5. The van der Waals surface area contributed by atoms with Crippen molar-refractivity contribution in [2.75, 3.05) is 6.61 Å². The second kappa shape index (κ2) is 24.1. The van der Waals surface area contributed by atoms with Crippen LogP contribution in [0.5, 0.6) is 0 Å². The van der Waals surface area contributed by atoms with E-state index < -0.39 is 0 Å². The van der Waals surface area contributed by atoms with Crippen LogP contribution >= 0.6 is 0 Å². The third kappa shape index (κ3) is 20.6. The molecule has 0 aromatic heterocycles. The van der Waals surface area contributed by atoms with Gasteiger partial charge in [-0.2, -0.15) is 0 Å². The van der Waals surface area contributed by atoms with Gasteiger partial charge in [-0.15, -0.1) is 0 Å². The third-order valence-corrected chi connectivity index (χ3v) is 7.48. The summed E-state index contributed by atoms with van der Waals surface area (Å²) in [5.41, 5.74) is 0.670. The molecule has 0 heterocycles.